The molecular formula is C13H21N5O. The molecule has 1 heterocycles. The lowest BCUT2D eigenvalue weighted by atomic mass is 10.0. The molecule has 1 aromatic heterocycles. The van der Waals surface area contributed by atoms with Crippen LogP contribution in [0.2, 0.25) is 0 Å². The molecule has 0 aromatic carbocycles. The lowest BCUT2D eigenvalue weighted by Crippen LogP contribution is -2.30. The predicted molar refractivity (Wildman–Crippen MR) is 73.9 cm³/mol. The van der Waals surface area contributed by atoms with E-state index in [0.29, 0.717) is 30.0 Å². The Kier molecular flexibility index (Phi) is 4.31. The number of hydrogen-bond donors (Lipinski definition) is 2. The molecule has 6 nitrogen and oxygen atoms in total. The molecule has 1 fully saturated rings. The third kappa shape index (κ3) is 3.20. The largest absolute Gasteiger partial charge is 0.366 e. The van der Waals surface area contributed by atoms with Crippen LogP contribution in [0.1, 0.15) is 29.8 Å². The van der Waals surface area contributed by atoms with E-state index in [9.17, 15) is 4.79 Å². The van der Waals surface area contributed by atoms with E-state index in [1.807, 2.05) is 0 Å². The minimum absolute atomic E-state index is 0.139. The van der Waals surface area contributed by atoms with Gasteiger partial charge in [0.1, 0.15) is 5.82 Å². The summed E-state index contributed by atoms with van der Waals surface area (Å²) in [5.41, 5.74) is 6.11. The SMILES string of the molecule is CN(C)C(=O)c1ccc(NC2CCCC2CN)nn1. The summed E-state index contributed by atoms with van der Waals surface area (Å²) in [5, 5.41) is 11.4. The van der Waals surface area contributed by atoms with Crippen LogP contribution in [0.5, 0.6) is 0 Å². The number of anilines is 1. The Balaban J connectivity index is 2.01. The van der Waals surface area contributed by atoms with Gasteiger partial charge < -0.3 is 16.0 Å². The van der Waals surface area contributed by atoms with Crippen molar-refractivity contribution in [2.75, 3.05) is 26.0 Å². The third-order valence-electron chi connectivity index (χ3n) is 3.58. The number of hydrogen-bond acceptors (Lipinski definition) is 5. The van der Waals surface area contributed by atoms with Crippen LogP contribution in [0.15, 0.2) is 12.1 Å². The van der Waals surface area contributed by atoms with Gasteiger partial charge in [0.25, 0.3) is 5.91 Å². The summed E-state index contributed by atoms with van der Waals surface area (Å²) in [6.07, 6.45) is 3.48. The molecule has 2 unspecified atom stereocenters. The highest BCUT2D eigenvalue weighted by molar-refractivity contribution is 5.91. The Morgan fingerprint density at radius 2 is 2.21 bits per heavy atom. The van der Waals surface area contributed by atoms with Crippen LogP contribution in [0.3, 0.4) is 0 Å². The Bertz CT molecular complexity index is 431. The lowest BCUT2D eigenvalue weighted by molar-refractivity contribution is 0.0821. The molecule has 1 saturated carbocycles. The topological polar surface area (TPSA) is 84.1 Å². The Labute approximate surface area is 113 Å². The first-order valence-corrected chi connectivity index (χ1v) is 6.64. The van der Waals surface area contributed by atoms with E-state index in [1.54, 1.807) is 26.2 Å². The van der Waals surface area contributed by atoms with E-state index < -0.39 is 0 Å². The van der Waals surface area contributed by atoms with Crippen molar-refractivity contribution >= 4 is 11.7 Å². The number of rotatable bonds is 4. The summed E-state index contributed by atoms with van der Waals surface area (Å²) < 4.78 is 0. The van der Waals surface area contributed by atoms with Crippen LogP contribution >= 0.6 is 0 Å². The van der Waals surface area contributed by atoms with E-state index in [4.69, 9.17) is 5.73 Å². The predicted octanol–water partition coefficient (Wildman–Crippen LogP) is 0.718. The fraction of sp³-hybridized carbons (Fsp3) is 0.615. The van der Waals surface area contributed by atoms with Gasteiger partial charge in [0, 0.05) is 20.1 Å². The van der Waals surface area contributed by atoms with Crippen LogP contribution in [0.25, 0.3) is 0 Å². The van der Waals surface area contributed by atoms with Crippen LogP contribution in [-0.4, -0.2) is 47.7 Å². The molecule has 2 rings (SSSR count). The zero-order valence-electron chi connectivity index (χ0n) is 11.5. The number of carbonyl (C=O) groups excluding carboxylic acids is 1. The first-order chi connectivity index (χ1) is 9.11. The molecule has 19 heavy (non-hydrogen) atoms. The second-order valence-electron chi connectivity index (χ2n) is 5.18. The molecule has 1 aliphatic carbocycles. The van der Waals surface area contributed by atoms with Gasteiger partial charge in [-0.3, -0.25) is 4.79 Å². The van der Waals surface area contributed by atoms with Crippen molar-refractivity contribution in [1.82, 2.24) is 15.1 Å². The number of nitrogens with zero attached hydrogens (tertiary/aromatic N) is 3. The van der Waals surface area contributed by atoms with Crippen LogP contribution < -0.4 is 11.1 Å². The summed E-state index contributed by atoms with van der Waals surface area (Å²) in [7, 11) is 3.39. The second kappa shape index (κ2) is 5.97. The van der Waals surface area contributed by atoms with Gasteiger partial charge in [-0.1, -0.05) is 6.42 Å². The van der Waals surface area contributed by atoms with Crippen molar-refractivity contribution in [3.8, 4) is 0 Å². The molecule has 6 heteroatoms. The average molecular weight is 263 g/mol. The average Bonchev–Trinajstić information content (AvgIpc) is 2.86. The van der Waals surface area contributed by atoms with Crippen LogP contribution in [-0.2, 0) is 0 Å². The Morgan fingerprint density at radius 1 is 1.42 bits per heavy atom. The second-order valence-corrected chi connectivity index (χ2v) is 5.18. The van der Waals surface area contributed by atoms with E-state index in [0.717, 1.165) is 6.42 Å². The van der Waals surface area contributed by atoms with Crippen molar-refractivity contribution in [3.05, 3.63) is 17.8 Å². The number of nitrogens with two attached hydrogens (primary N) is 1. The number of nitrogens with one attached hydrogen (secondary N) is 1. The molecular weight excluding hydrogens is 242 g/mol. The van der Waals surface area contributed by atoms with Gasteiger partial charge in [-0.2, -0.15) is 0 Å². The molecule has 0 spiro atoms. The lowest BCUT2D eigenvalue weighted by Gasteiger charge is -2.19. The summed E-state index contributed by atoms with van der Waals surface area (Å²) >= 11 is 0. The number of amides is 1. The summed E-state index contributed by atoms with van der Waals surface area (Å²) in [6, 6.07) is 3.87. The highest BCUT2D eigenvalue weighted by atomic mass is 16.2. The van der Waals surface area contributed by atoms with Gasteiger partial charge >= 0.3 is 0 Å². The van der Waals surface area contributed by atoms with Crippen molar-refractivity contribution in [3.63, 3.8) is 0 Å². The maximum absolute atomic E-state index is 11.7. The molecule has 3 N–H and O–H groups in total. The fourth-order valence-corrected chi connectivity index (χ4v) is 2.45. The van der Waals surface area contributed by atoms with Crippen molar-refractivity contribution in [2.45, 2.75) is 25.3 Å². The highest BCUT2D eigenvalue weighted by Crippen LogP contribution is 2.27. The van der Waals surface area contributed by atoms with Gasteiger partial charge in [-0.15, -0.1) is 10.2 Å². The summed E-state index contributed by atoms with van der Waals surface area (Å²) in [5.74, 6) is 1.07. The van der Waals surface area contributed by atoms with Gasteiger partial charge in [0.05, 0.1) is 0 Å². The maximum Gasteiger partial charge on any atom is 0.273 e. The minimum Gasteiger partial charge on any atom is -0.366 e. The zero-order chi connectivity index (χ0) is 13.8. The molecule has 104 valence electrons. The quantitative estimate of drug-likeness (QED) is 0.836. The summed E-state index contributed by atoms with van der Waals surface area (Å²) in [4.78, 5) is 13.2. The van der Waals surface area contributed by atoms with Crippen molar-refractivity contribution < 1.29 is 4.79 Å². The molecule has 1 amide bonds. The minimum atomic E-state index is -0.139. The first-order valence-electron chi connectivity index (χ1n) is 6.64. The van der Waals surface area contributed by atoms with Gasteiger partial charge in [-0.05, 0) is 37.4 Å². The van der Waals surface area contributed by atoms with Gasteiger partial charge in [-0.25, -0.2) is 0 Å². The normalized spacial score (nSPS) is 22.3. The molecule has 0 aliphatic heterocycles. The molecule has 0 saturated heterocycles. The maximum atomic E-state index is 11.7. The Hall–Kier alpha value is -1.69. The number of carbonyl (C=O) groups is 1. The standard InChI is InChI=1S/C13H21N5O/c1-18(2)13(19)11-6-7-12(17-16-11)15-10-5-3-4-9(10)8-14/h6-7,9-10H,3-5,8,14H2,1-2H3,(H,15,17). The fourth-order valence-electron chi connectivity index (χ4n) is 2.45. The van der Waals surface area contributed by atoms with Crippen molar-refractivity contribution in [2.24, 2.45) is 11.7 Å². The number of aromatic nitrogens is 2. The third-order valence-corrected chi connectivity index (χ3v) is 3.58. The monoisotopic (exact) mass is 263 g/mol. The van der Waals surface area contributed by atoms with E-state index in [1.165, 1.54) is 17.7 Å². The zero-order valence-corrected chi connectivity index (χ0v) is 11.5. The smallest absolute Gasteiger partial charge is 0.273 e. The van der Waals surface area contributed by atoms with Gasteiger partial charge in [0.15, 0.2) is 5.69 Å². The Morgan fingerprint density at radius 3 is 2.79 bits per heavy atom. The summed E-state index contributed by atoms with van der Waals surface area (Å²) in [6.45, 7) is 0.697. The van der Waals surface area contributed by atoms with Crippen LogP contribution in [0.4, 0.5) is 5.82 Å². The van der Waals surface area contributed by atoms with Crippen molar-refractivity contribution in [1.29, 1.82) is 0 Å². The molecule has 1 aliphatic rings. The van der Waals surface area contributed by atoms with E-state index in [2.05, 4.69) is 15.5 Å². The van der Waals surface area contributed by atoms with E-state index in [-0.39, 0.29) is 5.91 Å². The highest BCUT2D eigenvalue weighted by Gasteiger charge is 2.26. The first kappa shape index (κ1) is 13.7. The van der Waals surface area contributed by atoms with E-state index >= 15 is 0 Å². The molecule has 1 aromatic rings. The molecule has 0 bridgehead atoms. The van der Waals surface area contributed by atoms with Gasteiger partial charge in [0.2, 0.25) is 0 Å². The molecule has 0 radical (unpaired) electrons. The molecule has 2 atom stereocenters. The van der Waals surface area contributed by atoms with Crippen LogP contribution in [0, 0.1) is 5.92 Å².